The number of hydrogen-bond acceptors (Lipinski definition) is 4. The minimum Gasteiger partial charge on any atom is -0.459 e. The Bertz CT molecular complexity index is 874. The van der Waals surface area contributed by atoms with E-state index < -0.39 is 35.6 Å². The number of rotatable bonds is 5. The number of carbonyl (C=O) groups excluding carboxylic acids is 3. The van der Waals surface area contributed by atoms with Gasteiger partial charge in [-0.15, -0.1) is 0 Å². The van der Waals surface area contributed by atoms with Crippen molar-refractivity contribution in [2.45, 2.75) is 38.3 Å². The number of nitrogens with one attached hydrogen (secondary N) is 1. The Balaban J connectivity index is 1.94. The number of ether oxygens (including phenoxy) is 1. The van der Waals surface area contributed by atoms with Crippen LogP contribution in [0.3, 0.4) is 0 Å². The predicted molar refractivity (Wildman–Crippen MR) is 104 cm³/mol. The Labute approximate surface area is 164 Å². The lowest BCUT2D eigenvalue weighted by molar-refractivity contribution is -0.157. The van der Waals surface area contributed by atoms with E-state index in [9.17, 15) is 14.4 Å². The SMILES string of the molecule is CC(C)(C)OC(=O)CN1C(=O)N[C@](Cc2ccccc2)(c2ccccc2)C1=O. The van der Waals surface area contributed by atoms with Gasteiger partial charge >= 0.3 is 12.0 Å². The molecule has 146 valence electrons. The molecular weight excluding hydrogens is 356 g/mol. The summed E-state index contributed by atoms with van der Waals surface area (Å²) in [5.74, 6) is -1.09. The zero-order valence-corrected chi connectivity index (χ0v) is 16.3. The quantitative estimate of drug-likeness (QED) is 0.639. The van der Waals surface area contributed by atoms with Gasteiger partial charge in [0.25, 0.3) is 5.91 Å². The second-order valence-corrected chi connectivity index (χ2v) is 7.84. The Morgan fingerprint density at radius 3 is 2.14 bits per heavy atom. The molecule has 0 aliphatic carbocycles. The van der Waals surface area contributed by atoms with E-state index in [1.54, 1.807) is 32.9 Å². The summed E-state index contributed by atoms with van der Waals surface area (Å²) in [7, 11) is 0. The van der Waals surface area contributed by atoms with Crippen molar-refractivity contribution in [2.75, 3.05) is 6.54 Å². The van der Waals surface area contributed by atoms with Gasteiger partial charge in [-0.1, -0.05) is 60.7 Å². The third-order valence-electron chi connectivity index (χ3n) is 4.46. The molecule has 1 aliphatic heterocycles. The monoisotopic (exact) mass is 380 g/mol. The van der Waals surface area contributed by atoms with Crippen LogP contribution in [0.25, 0.3) is 0 Å². The lowest BCUT2D eigenvalue weighted by atomic mass is 9.83. The molecule has 0 aromatic heterocycles. The van der Waals surface area contributed by atoms with E-state index in [0.717, 1.165) is 10.5 Å². The van der Waals surface area contributed by atoms with E-state index in [2.05, 4.69) is 5.32 Å². The van der Waals surface area contributed by atoms with Crippen molar-refractivity contribution in [1.29, 1.82) is 0 Å². The first kappa shape index (κ1) is 19.6. The molecule has 0 radical (unpaired) electrons. The Hall–Kier alpha value is -3.15. The Morgan fingerprint density at radius 2 is 1.57 bits per heavy atom. The van der Waals surface area contributed by atoms with E-state index in [4.69, 9.17) is 4.74 Å². The minimum atomic E-state index is -1.26. The number of benzene rings is 2. The van der Waals surface area contributed by atoms with Gasteiger partial charge in [0.1, 0.15) is 12.1 Å². The smallest absolute Gasteiger partial charge is 0.326 e. The molecule has 2 aromatic carbocycles. The molecule has 6 nitrogen and oxygen atoms in total. The molecule has 1 N–H and O–H groups in total. The van der Waals surface area contributed by atoms with E-state index in [0.29, 0.717) is 5.56 Å². The number of amides is 3. The largest absolute Gasteiger partial charge is 0.459 e. The second-order valence-electron chi connectivity index (χ2n) is 7.84. The van der Waals surface area contributed by atoms with E-state index in [-0.39, 0.29) is 6.42 Å². The second kappa shape index (κ2) is 7.46. The standard InChI is InChI=1S/C22H24N2O4/c1-21(2,3)28-18(25)15-24-19(26)22(23-20(24)27,17-12-8-5-9-13-17)14-16-10-6-4-7-11-16/h4-13H,14-15H2,1-3H3,(H,23,27)/t22-/m1/s1. The van der Waals surface area contributed by atoms with Crippen LogP contribution >= 0.6 is 0 Å². The van der Waals surface area contributed by atoms with E-state index in [1.165, 1.54) is 0 Å². The maximum absolute atomic E-state index is 13.4. The van der Waals surface area contributed by atoms with Crippen LogP contribution in [0, 0.1) is 0 Å². The number of carbonyl (C=O) groups is 3. The van der Waals surface area contributed by atoms with Gasteiger partial charge in [0, 0.05) is 6.42 Å². The summed E-state index contributed by atoms with van der Waals surface area (Å²) in [5.41, 5.74) is -0.387. The third kappa shape index (κ3) is 4.06. The zero-order chi connectivity index (χ0) is 20.4. The van der Waals surface area contributed by atoms with Crippen LogP contribution < -0.4 is 5.32 Å². The molecule has 6 heteroatoms. The molecule has 1 fully saturated rings. The summed E-state index contributed by atoms with van der Waals surface area (Å²) < 4.78 is 5.28. The normalized spacial score (nSPS) is 19.5. The highest BCUT2D eigenvalue weighted by atomic mass is 16.6. The summed E-state index contributed by atoms with van der Waals surface area (Å²) >= 11 is 0. The molecule has 1 saturated heterocycles. The molecule has 3 amide bonds. The highest BCUT2D eigenvalue weighted by Gasteiger charge is 2.53. The Kier molecular flexibility index (Phi) is 5.23. The van der Waals surface area contributed by atoms with Gasteiger partial charge in [-0.05, 0) is 31.9 Å². The van der Waals surface area contributed by atoms with Crippen molar-refractivity contribution in [3.8, 4) is 0 Å². The predicted octanol–water partition coefficient (Wildman–Crippen LogP) is 3.02. The fraction of sp³-hybridized carbons (Fsp3) is 0.318. The zero-order valence-electron chi connectivity index (χ0n) is 16.3. The molecule has 1 aliphatic rings. The van der Waals surface area contributed by atoms with Crippen LogP contribution in [0.5, 0.6) is 0 Å². The van der Waals surface area contributed by atoms with Gasteiger partial charge in [-0.25, -0.2) is 4.79 Å². The number of hydrogen-bond donors (Lipinski definition) is 1. The topological polar surface area (TPSA) is 75.7 Å². The maximum Gasteiger partial charge on any atom is 0.326 e. The summed E-state index contributed by atoms with van der Waals surface area (Å²) in [6.45, 7) is 4.78. The summed E-state index contributed by atoms with van der Waals surface area (Å²) in [5, 5.41) is 2.83. The molecular formula is C22H24N2O4. The van der Waals surface area contributed by atoms with E-state index >= 15 is 0 Å². The number of urea groups is 1. The Morgan fingerprint density at radius 1 is 1.00 bits per heavy atom. The van der Waals surface area contributed by atoms with Crippen LogP contribution in [0.2, 0.25) is 0 Å². The van der Waals surface area contributed by atoms with Crippen LogP contribution in [0.4, 0.5) is 4.79 Å². The highest BCUT2D eigenvalue weighted by Crippen LogP contribution is 2.33. The fourth-order valence-corrected chi connectivity index (χ4v) is 3.31. The van der Waals surface area contributed by atoms with Gasteiger partial charge in [0.05, 0.1) is 0 Å². The molecule has 0 saturated carbocycles. The minimum absolute atomic E-state index is 0.285. The molecule has 2 aromatic rings. The summed E-state index contributed by atoms with van der Waals surface area (Å²) in [6.07, 6.45) is 0.285. The van der Waals surface area contributed by atoms with Gasteiger partial charge in [0.15, 0.2) is 5.54 Å². The fourth-order valence-electron chi connectivity index (χ4n) is 3.31. The van der Waals surface area contributed by atoms with Crippen molar-refractivity contribution in [2.24, 2.45) is 0 Å². The maximum atomic E-state index is 13.4. The van der Waals surface area contributed by atoms with Gasteiger partial charge in [-0.3, -0.25) is 14.5 Å². The van der Waals surface area contributed by atoms with Gasteiger partial charge in [-0.2, -0.15) is 0 Å². The molecule has 0 spiro atoms. The van der Waals surface area contributed by atoms with Crippen molar-refractivity contribution in [3.63, 3.8) is 0 Å². The van der Waals surface area contributed by atoms with Gasteiger partial charge in [0.2, 0.25) is 0 Å². The molecule has 1 heterocycles. The summed E-state index contributed by atoms with van der Waals surface area (Å²) in [6, 6.07) is 18.0. The molecule has 28 heavy (non-hydrogen) atoms. The average molecular weight is 380 g/mol. The van der Waals surface area contributed by atoms with Crippen molar-refractivity contribution in [3.05, 3.63) is 71.8 Å². The molecule has 0 bridgehead atoms. The first-order valence-corrected chi connectivity index (χ1v) is 9.17. The highest BCUT2D eigenvalue weighted by molar-refractivity contribution is 6.09. The number of esters is 1. The van der Waals surface area contributed by atoms with Gasteiger partial charge < -0.3 is 10.1 Å². The van der Waals surface area contributed by atoms with Crippen LogP contribution in [0.15, 0.2) is 60.7 Å². The molecule has 1 atom stereocenters. The lowest BCUT2D eigenvalue weighted by Crippen LogP contribution is -2.46. The van der Waals surface area contributed by atoms with Crippen molar-refractivity contribution in [1.82, 2.24) is 10.2 Å². The van der Waals surface area contributed by atoms with Crippen LogP contribution in [0.1, 0.15) is 31.9 Å². The molecule has 0 unspecified atom stereocenters. The number of nitrogens with zero attached hydrogens (tertiary/aromatic N) is 1. The molecule has 3 rings (SSSR count). The summed E-state index contributed by atoms with van der Waals surface area (Å²) in [4.78, 5) is 39.2. The van der Waals surface area contributed by atoms with Crippen molar-refractivity contribution < 1.29 is 19.1 Å². The van der Waals surface area contributed by atoms with Crippen molar-refractivity contribution >= 4 is 17.9 Å². The van der Waals surface area contributed by atoms with E-state index in [1.807, 2.05) is 48.5 Å². The first-order valence-electron chi connectivity index (χ1n) is 9.17. The average Bonchev–Trinajstić information content (AvgIpc) is 2.87. The van der Waals surface area contributed by atoms with Crippen LogP contribution in [-0.4, -0.2) is 35.0 Å². The van der Waals surface area contributed by atoms with Crippen LogP contribution in [-0.2, 0) is 26.3 Å². The third-order valence-corrected chi connectivity index (χ3v) is 4.46. The lowest BCUT2D eigenvalue weighted by Gasteiger charge is -2.27. The number of imide groups is 1. The first-order chi connectivity index (χ1) is 13.2.